The van der Waals surface area contributed by atoms with Gasteiger partial charge in [0.1, 0.15) is 11.2 Å². The van der Waals surface area contributed by atoms with Gasteiger partial charge in [-0.2, -0.15) is 13.2 Å². The molecule has 2 nitrogen and oxygen atoms in total. The smallest absolute Gasteiger partial charge is 0.299 e. The van der Waals surface area contributed by atoms with Crippen LogP contribution in [0.2, 0.25) is 0 Å². The van der Waals surface area contributed by atoms with Crippen molar-refractivity contribution in [2.75, 3.05) is 0 Å². The fourth-order valence-corrected chi connectivity index (χ4v) is 4.36. The van der Waals surface area contributed by atoms with E-state index in [0.717, 1.165) is 12.8 Å². The zero-order valence-electron chi connectivity index (χ0n) is 16.8. The van der Waals surface area contributed by atoms with Crippen LogP contribution in [0.4, 0.5) is 13.2 Å². The van der Waals surface area contributed by atoms with Crippen LogP contribution in [-0.2, 0) is 9.59 Å². The lowest BCUT2D eigenvalue weighted by Crippen LogP contribution is -2.50. The summed E-state index contributed by atoms with van der Waals surface area (Å²) in [6.45, 7) is 9.98. The minimum absolute atomic E-state index is 0.159. The molecule has 2 aliphatic carbocycles. The lowest BCUT2D eigenvalue weighted by atomic mass is 9.60. The van der Waals surface area contributed by atoms with E-state index in [1.807, 2.05) is 20.8 Å². The summed E-state index contributed by atoms with van der Waals surface area (Å²) in [5.41, 5.74) is -3.01. The van der Waals surface area contributed by atoms with Crippen molar-refractivity contribution in [1.82, 2.24) is 0 Å². The van der Waals surface area contributed by atoms with E-state index >= 15 is 0 Å². The Morgan fingerprint density at radius 3 is 1.46 bits per heavy atom. The maximum Gasteiger partial charge on any atom is 0.401 e. The molecule has 0 spiro atoms. The van der Waals surface area contributed by atoms with Crippen molar-refractivity contribution >= 4 is 11.6 Å². The lowest BCUT2D eigenvalue weighted by Gasteiger charge is -2.44. The average Bonchev–Trinajstić information content (AvgIpc) is 2.49. The monoisotopic (exact) mass is 374 g/mol. The molecule has 5 heteroatoms. The van der Waals surface area contributed by atoms with E-state index in [9.17, 15) is 22.8 Å². The zero-order chi connectivity index (χ0) is 20.0. The van der Waals surface area contributed by atoms with Crippen LogP contribution in [0.25, 0.3) is 0 Å². The predicted octanol–water partition coefficient (Wildman–Crippen LogP) is 6.27. The van der Waals surface area contributed by atoms with Crippen LogP contribution < -0.4 is 0 Å². The number of hydrogen-bond acceptors (Lipinski definition) is 2. The highest BCUT2D eigenvalue weighted by Crippen LogP contribution is 2.55. The molecule has 150 valence electrons. The van der Waals surface area contributed by atoms with Gasteiger partial charge in [-0.3, -0.25) is 9.59 Å². The maximum absolute atomic E-state index is 13.9. The fraction of sp³-hybridized carbons (Fsp3) is 0.905. The van der Waals surface area contributed by atoms with E-state index in [-0.39, 0.29) is 29.5 Å². The van der Waals surface area contributed by atoms with Crippen LogP contribution in [0.15, 0.2) is 0 Å². The molecule has 0 unspecified atom stereocenters. The second-order valence-electron chi connectivity index (χ2n) is 10.5. The molecule has 2 rings (SSSR count). The van der Waals surface area contributed by atoms with E-state index in [4.69, 9.17) is 0 Å². The Hall–Kier alpha value is -0.870. The van der Waals surface area contributed by atoms with E-state index in [1.165, 1.54) is 0 Å². The number of halogens is 3. The van der Waals surface area contributed by atoms with Gasteiger partial charge in [-0.05, 0) is 62.2 Å². The summed E-state index contributed by atoms with van der Waals surface area (Å²) in [6, 6.07) is 0. The topological polar surface area (TPSA) is 34.1 Å². The molecule has 2 fully saturated rings. The van der Waals surface area contributed by atoms with E-state index in [2.05, 4.69) is 13.8 Å². The third-order valence-corrected chi connectivity index (χ3v) is 7.23. The highest BCUT2D eigenvalue weighted by Gasteiger charge is 2.61. The molecule has 0 saturated heterocycles. The largest absolute Gasteiger partial charge is 0.401 e. The number of carbonyl (C=O) groups excluding carboxylic acids is 2. The van der Waals surface area contributed by atoms with Crippen LogP contribution in [-0.4, -0.2) is 17.7 Å². The molecule has 0 N–H and O–H groups in total. The number of rotatable bonds is 4. The number of carbonyl (C=O) groups is 2. The molecule has 2 saturated carbocycles. The van der Waals surface area contributed by atoms with Crippen molar-refractivity contribution in [2.24, 2.45) is 21.7 Å². The summed E-state index contributed by atoms with van der Waals surface area (Å²) in [5.74, 6) is -1.21. The third-order valence-electron chi connectivity index (χ3n) is 7.23. The van der Waals surface area contributed by atoms with Gasteiger partial charge in [-0.25, -0.2) is 0 Å². The number of hydrogen-bond donors (Lipinski definition) is 0. The number of Topliss-reactive ketones (excluding diaryl/α,β-unsaturated/α-hetero) is 2. The van der Waals surface area contributed by atoms with Crippen molar-refractivity contribution < 1.29 is 22.8 Å². The van der Waals surface area contributed by atoms with Crippen LogP contribution in [0.1, 0.15) is 92.4 Å². The Morgan fingerprint density at radius 2 is 1.08 bits per heavy atom. The summed E-state index contributed by atoms with van der Waals surface area (Å²) in [7, 11) is 0. The quantitative estimate of drug-likeness (QED) is 0.543. The standard InChI is InChI=1S/C21H33F3O2/c1-17(2)6-10-19(5,11-7-17)15(25)14-16(26)20(21(22,23)24)12-8-18(3,4)9-13-20/h6-14H2,1-5H3. The molecular formula is C21H33F3O2. The van der Waals surface area contributed by atoms with Gasteiger partial charge in [0.15, 0.2) is 5.78 Å². The molecule has 0 heterocycles. The molecule has 0 aliphatic heterocycles. The molecule has 0 atom stereocenters. The Kier molecular flexibility index (Phi) is 5.46. The van der Waals surface area contributed by atoms with Crippen LogP contribution in [0.3, 0.4) is 0 Å². The molecule has 0 amide bonds. The van der Waals surface area contributed by atoms with Crippen LogP contribution >= 0.6 is 0 Å². The van der Waals surface area contributed by atoms with E-state index in [1.54, 1.807) is 0 Å². The van der Waals surface area contributed by atoms with Gasteiger partial charge in [0.25, 0.3) is 0 Å². The zero-order valence-corrected chi connectivity index (χ0v) is 16.8. The van der Waals surface area contributed by atoms with Crippen molar-refractivity contribution in [3.8, 4) is 0 Å². The number of alkyl halides is 3. The number of ketones is 2. The molecule has 0 bridgehead atoms. The lowest BCUT2D eigenvalue weighted by molar-refractivity contribution is -0.233. The normalized spacial score (nSPS) is 26.9. The molecular weight excluding hydrogens is 341 g/mol. The van der Waals surface area contributed by atoms with Crippen molar-refractivity contribution in [1.29, 1.82) is 0 Å². The highest BCUT2D eigenvalue weighted by molar-refractivity contribution is 6.04. The minimum Gasteiger partial charge on any atom is -0.299 e. The first kappa shape index (κ1) is 21.4. The summed E-state index contributed by atoms with van der Waals surface area (Å²) in [5, 5.41) is 0. The Balaban J connectivity index is 2.14. The Morgan fingerprint density at radius 1 is 0.692 bits per heavy atom. The summed E-state index contributed by atoms with van der Waals surface area (Å²) in [6.07, 6.45) is -1.80. The van der Waals surface area contributed by atoms with Gasteiger partial charge in [0.2, 0.25) is 0 Å². The molecule has 0 aromatic rings. The minimum atomic E-state index is -4.59. The summed E-state index contributed by atoms with van der Waals surface area (Å²) in [4.78, 5) is 25.6. The van der Waals surface area contributed by atoms with Gasteiger partial charge >= 0.3 is 6.18 Å². The van der Waals surface area contributed by atoms with Gasteiger partial charge in [-0.1, -0.05) is 34.6 Å². The van der Waals surface area contributed by atoms with E-state index in [0.29, 0.717) is 25.7 Å². The van der Waals surface area contributed by atoms with Crippen molar-refractivity contribution in [2.45, 2.75) is 98.6 Å². The first-order valence-electron chi connectivity index (χ1n) is 9.76. The first-order chi connectivity index (χ1) is 11.6. The van der Waals surface area contributed by atoms with Crippen LogP contribution in [0, 0.1) is 21.7 Å². The maximum atomic E-state index is 13.9. The fourth-order valence-electron chi connectivity index (χ4n) is 4.36. The van der Waals surface area contributed by atoms with Crippen molar-refractivity contribution in [3.05, 3.63) is 0 Å². The Bertz CT molecular complexity index is 552. The second-order valence-corrected chi connectivity index (χ2v) is 10.5. The van der Waals surface area contributed by atoms with Gasteiger partial charge in [-0.15, -0.1) is 0 Å². The second kappa shape index (κ2) is 6.63. The summed E-state index contributed by atoms with van der Waals surface area (Å²) < 4.78 is 41.6. The van der Waals surface area contributed by atoms with Gasteiger partial charge in [0, 0.05) is 5.41 Å². The van der Waals surface area contributed by atoms with Gasteiger partial charge in [0.05, 0.1) is 6.42 Å². The molecule has 2 aliphatic rings. The van der Waals surface area contributed by atoms with E-state index < -0.39 is 29.2 Å². The van der Waals surface area contributed by atoms with Gasteiger partial charge < -0.3 is 0 Å². The average molecular weight is 374 g/mol. The molecule has 0 aromatic carbocycles. The first-order valence-corrected chi connectivity index (χ1v) is 9.76. The highest BCUT2D eigenvalue weighted by atomic mass is 19.4. The molecule has 0 radical (unpaired) electrons. The third kappa shape index (κ3) is 4.17. The van der Waals surface area contributed by atoms with Crippen LogP contribution in [0.5, 0.6) is 0 Å². The summed E-state index contributed by atoms with van der Waals surface area (Å²) >= 11 is 0. The van der Waals surface area contributed by atoms with Crippen molar-refractivity contribution in [3.63, 3.8) is 0 Å². The molecule has 0 aromatic heterocycles. The molecule has 26 heavy (non-hydrogen) atoms. The predicted molar refractivity (Wildman–Crippen MR) is 95.7 cm³/mol. The Labute approximate surface area is 155 Å². The SMILES string of the molecule is CC1(C)CCC(C)(C(=O)CC(=O)C2(C(F)(F)F)CCC(C)(C)CC2)CC1.